The Morgan fingerprint density at radius 2 is 2.17 bits per heavy atom. The van der Waals surface area contributed by atoms with Gasteiger partial charge in [-0.25, -0.2) is 0 Å². The number of ether oxygens (including phenoxy) is 3. The molecule has 1 N–H and O–H groups in total. The molecular weight excluding hydrogens is 300 g/mol. The van der Waals surface area contributed by atoms with Crippen LogP contribution in [0.3, 0.4) is 0 Å². The van der Waals surface area contributed by atoms with E-state index in [4.69, 9.17) is 14.2 Å². The molecule has 2 heterocycles. The van der Waals surface area contributed by atoms with Crippen molar-refractivity contribution in [3.63, 3.8) is 0 Å². The fourth-order valence-corrected chi connectivity index (χ4v) is 2.84. The molecule has 2 aliphatic rings. The number of amides is 2. The smallest absolute Gasteiger partial charge is 0.242 e. The first-order valence-corrected chi connectivity index (χ1v) is 7.72. The van der Waals surface area contributed by atoms with Gasteiger partial charge in [0.05, 0.1) is 6.54 Å². The number of fused-ring (bicyclic) bond motifs is 1. The van der Waals surface area contributed by atoms with Gasteiger partial charge in [0, 0.05) is 19.5 Å². The van der Waals surface area contributed by atoms with Crippen LogP contribution < -0.4 is 19.5 Å². The maximum absolute atomic E-state index is 12.1. The Morgan fingerprint density at radius 1 is 1.35 bits per heavy atom. The zero-order chi connectivity index (χ0) is 16.2. The van der Waals surface area contributed by atoms with E-state index in [9.17, 15) is 9.59 Å². The van der Waals surface area contributed by atoms with E-state index in [0.29, 0.717) is 43.4 Å². The molecule has 1 fully saturated rings. The zero-order valence-corrected chi connectivity index (χ0v) is 13.0. The molecule has 0 aromatic heterocycles. The molecule has 124 valence electrons. The molecule has 7 heteroatoms. The Bertz CT molecular complexity index is 604. The van der Waals surface area contributed by atoms with Crippen LogP contribution >= 0.6 is 0 Å². The number of carbonyl (C=O) groups excluding carboxylic acids is 2. The van der Waals surface area contributed by atoms with Crippen molar-refractivity contribution >= 4 is 11.8 Å². The van der Waals surface area contributed by atoms with Crippen molar-refractivity contribution in [1.82, 2.24) is 10.2 Å². The molecule has 0 saturated carbocycles. The predicted octanol–water partition coefficient (Wildman–Crippen LogP) is 0.921. The summed E-state index contributed by atoms with van der Waals surface area (Å²) in [6, 6.07) is 5.00. The highest BCUT2D eigenvalue weighted by atomic mass is 16.7. The van der Waals surface area contributed by atoms with Crippen molar-refractivity contribution in [3.05, 3.63) is 18.2 Å². The highest BCUT2D eigenvalue weighted by molar-refractivity contribution is 5.87. The molecule has 1 saturated heterocycles. The Labute approximate surface area is 134 Å². The topological polar surface area (TPSA) is 77.1 Å². The molecule has 23 heavy (non-hydrogen) atoms. The van der Waals surface area contributed by atoms with Crippen LogP contribution in [-0.2, 0) is 9.59 Å². The number of carbonyl (C=O) groups is 2. The van der Waals surface area contributed by atoms with E-state index < -0.39 is 0 Å². The molecule has 2 amide bonds. The molecule has 3 rings (SSSR count). The monoisotopic (exact) mass is 320 g/mol. The zero-order valence-electron chi connectivity index (χ0n) is 13.0. The van der Waals surface area contributed by atoms with E-state index in [0.717, 1.165) is 6.42 Å². The summed E-state index contributed by atoms with van der Waals surface area (Å²) < 4.78 is 16.1. The Morgan fingerprint density at radius 3 is 3.00 bits per heavy atom. The van der Waals surface area contributed by atoms with Crippen LogP contribution in [0.1, 0.15) is 19.8 Å². The Balaban J connectivity index is 1.43. The fourth-order valence-electron chi connectivity index (χ4n) is 2.84. The van der Waals surface area contributed by atoms with Gasteiger partial charge in [-0.2, -0.15) is 0 Å². The van der Waals surface area contributed by atoms with Crippen molar-refractivity contribution in [1.29, 1.82) is 0 Å². The van der Waals surface area contributed by atoms with E-state index in [1.54, 1.807) is 23.1 Å². The number of hydrogen-bond acceptors (Lipinski definition) is 5. The van der Waals surface area contributed by atoms with Gasteiger partial charge >= 0.3 is 0 Å². The lowest BCUT2D eigenvalue weighted by atomic mass is 10.2. The summed E-state index contributed by atoms with van der Waals surface area (Å²) in [6.45, 7) is 3.10. The summed E-state index contributed by atoms with van der Waals surface area (Å²) in [5.74, 6) is 1.85. The van der Waals surface area contributed by atoms with E-state index in [-0.39, 0.29) is 24.6 Å². The number of hydrogen-bond donors (Lipinski definition) is 1. The van der Waals surface area contributed by atoms with Gasteiger partial charge in [0.1, 0.15) is 18.4 Å². The maximum atomic E-state index is 12.1. The second-order valence-corrected chi connectivity index (χ2v) is 5.52. The van der Waals surface area contributed by atoms with Crippen LogP contribution in [0.2, 0.25) is 0 Å². The lowest BCUT2D eigenvalue weighted by Gasteiger charge is -2.22. The molecule has 0 unspecified atom stereocenters. The van der Waals surface area contributed by atoms with Crippen LogP contribution in [0.4, 0.5) is 0 Å². The predicted molar refractivity (Wildman–Crippen MR) is 81.5 cm³/mol. The molecule has 0 aliphatic carbocycles. The summed E-state index contributed by atoms with van der Waals surface area (Å²) in [5.41, 5.74) is 0. The summed E-state index contributed by atoms with van der Waals surface area (Å²) in [5, 5.41) is 2.82. The average molecular weight is 320 g/mol. The minimum Gasteiger partial charge on any atom is -0.492 e. The van der Waals surface area contributed by atoms with Crippen LogP contribution in [0.25, 0.3) is 0 Å². The van der Waals surface area contributed by atoms with E-state index in [1.165, 1.54) is 6.92 Å². The summed E-state index contributed by atoms with van der Waals surface area (Å²) in [7, 11) is 0. The van der Waals surface area contributed by atoms with Crippen molar-refractivity contribution in [2.24, 2.45) is 0 Å². The second-order valence-electron chi connectivity index (χ2n) is 5.52. The van der Waals surface area contributed by atoms with Gasteiger partial charge in [0.15, 0.2) is 11.5 Å². The molecule has 0 spiro atoms. The Kier molecular flexibility index (Phi) is 4.55. The molecule has 1 atom stereocenters. The van der Waals surface area contributed by atoms with Gasteiger partial charge in [-0.1, -0.05) is 0 Å². The number of nitrogens with one attached hydrogen (secondary N) is 1. The minimum absolute atomic E-state index is 0.0562. The third kappa shape index (κ3) is 3.49. The van der Waals surface area contributed by atoms with Crippen LogP contribution in [0.5, 0.6) is 17.2 Å². The third-order valence-electron chi connectivity index (χ3n) is 3.97. The van der Waals surface area contributed by atoms with Crippen molar-refractivity contribution in [2.75, 3.05) is 26.5 Å². The highest BCUT2D eigenvalue weighted by Gasteiger charge is 2.31. The minimum atomic E-state index is -0.349. The molecule has 0 bridgehead atoms. The van der Waals surface area contributed by atoms with Gasteiger partial charge in [-0.3, -0.25) is 9.59 Å². The Hall–Kier alpha value is -2.44. The molecular formula is C16H20N2O5. The first-order valence-electron chi connectivity index (χ1n) is 7.72. The first-order chi connectivity index (χ1) is 11.1. The average Bonchev–Trinajstić information content (AvgIpc) is 3.19. The fraction of sp³-hybridized carbons (Fsp3) is 0.500. The van der Waals surface area contributed by atoms with Gasteiger partial charge in [-0.05, 0) is 25.0 Å². The number of nitrogens with zero attached hydrogens (tertiary/aromatic N) is 1. The SMILES string of the molecule is CC(=O)N1CCC[C@H]1C(=O)NCCOc1ccc2c(c1)OCO2. The molecule has 7 nitrogen and oxygen atoms in total. The van der Waals surface area contributed by atoms with Crippen LogP contribution in [0, 0.1) is 0 Å². The number of benzene rings is 1. The van der Waals surface area contributed by atoms with Gasteiger partial charge < -0.3 is 24.4 Å². The van der Waals surface area contributed by atoms with E-state index in [2.05, 4.69) is 5.32 Å². The molecule has 1 aromatic carbocycles. The summed E-state index contributed by atoms with van der Waals surface area (Å²) in [6.07, 6.45) is 1.58. The van der Waals surface area contributed by atoms with Gasteiger partial charge in [0.2, 0.25) is 18.6 Å². The quantitative estimate of drug-likeness (QED) is 0.817. The number of rotatable bonds is 5. The van der Waals surface area contributed by atoms with Gasteiger partial charge in [-0.15, -0.1) is 0 Å². The third-order valence-corrected chi connectivity index (χ3v) is 3.97. The molecule has 1 aromatic rings. The van der Waals surface area contributed by atoms with Crippen molar-refractivity contribution in [2.45, 2.75) is 25.8 Å². The van der Waals surface area contributed by atoms with Crippen LogP contribution in [0.15, 0.2) is 18.2 Å². The summed E-state index contributed by atoms with van der Waals surface area (Å²) >= 11 is 0. The second kappa shape index (κ2) is 6.76. The highest BCUT2D eigenvalue weighted by Crippen LogP contribution is 2.34. The largest absolute Gasteiger partial charge is 0.492 e. The normalized spacial score (nSPS) is 18.8. The first kappa shape index (κ1) is 15.5. The van der Waals surface area contributed by atoms with Gasteiger partial charge in [0.25, 0.3) is 0 Å². The van der Waals surface area contributed by atoms with Crippen LogP contribution in [-0.4, -0.2) is 49.2 Å². The van der Waals surface area contributed by atoms with E-state index >= 15 is 0 Å². The summed E-state index contributed by atoms with van der Waals surface area (Å²) in [4.78, 5) is 25.2. The van der Waals surface area contributed by atoms with E-state index in [1.807, 2.05) is 0 Å². The lowest BCUT2D eigenvalue weighted by molar-refractivity contribution is -0.136. The molecule has 0 radical (unpaired) electrons. The standard InChI is InChI=1S/C16H20N2O5/c1-11(19)18-7-2-3-13(18)16(20)17-6-8-21-12-4-5-14-15(9-12)23-10-22-14/h4-5,9,13H,2-3,6-8,10H2,1H3,(H,17,20)/t13-/m0/s1. The number of likely N-dealkylation sites (tertiary alicyclic amines) is 1. The lowest BCUT2D eigenvalue weighted by Crippen LogP contribution is -2.46. The van der Waals surface area contributed by atoms with Crippen molar-refractivity contribution in [3.8, 4) is 17.2 Å². The maximum Gasteiger partial charge on any atom is 0.242 e. The van der Waals surface area contributed by atoms with Crippen molar-refractivity contribution < 1.29 is 23.8 Å². The molecule has 2 aliphatic heterocycles.